The molecule has 0 radical (unpaired) electrons. The zero-order valence-electron chi connectivity index (χ0n) is 12.8. The number of aryl methyl sites for hydroxylation is 1. The number of anilines is 2. The van der Waals surface area contributed by atoms with Crippen LogP contribution in [-0.4, -0.2) is 28.5 Å². The Morgan fingerprint density at radius 3 is 3.05 bits per heavy atom. The second-order valence-corrected chi connectivity index (χ2v) is 5.90. The molecular weight excluding hydrogens is 274 g/mol. The average molecular weight is 293 g/mol. The predicted octanol–water partition coefficient (Wildman–Crippen LogP) is 3.26. The molecule has 0 saturated carbocycles. The van der Waals surface area contributed by atoms with E-state index in [4.69, 9.17) is 0 Å². The van der Waals surface area contributed by atoms with Gasteiger partial charge in [-0.15, -0.1) is 0 Å². The van der Waals surface area contributed by atoms with Gasteiger partial charge in [-0.25, -0.2) is 9.97 Å². The van der Waals surface area contributed by atoms with Crippen molar-refractivity contribution >= 4 is 22.5 Å². The van der Waals surface area contributed by atoms with Crippen LogP contribution >= 0.6 is 0 Å². The van der Waals surface area contributed by atoms with Crippen molar-refractivity contribution in [3.63, 3.8) is 0 Å². The number of hydrogen-bond donors (Lipinski definition) is 2. The number of nitrogens with one attached hydrogen (secondary N) is 2. The lowest BCUT2D eigenvalue weighted by Crippen LogP contribution is -2.30. The van der Waals surface area contributed by atoms with Crippen molar-refractivity contribution in [2.24, 2.45) is 0 Å². The largest absolute Gasteiger partial charge is 0.374 e. The molecule has 5 nitrogen and oxygen atoms in total. The summed E-state index contributed by atoms with van der Waals surface area (Å²) in [4.78, 5) is 14.3. The molecule has 1 aliphatic rings. The van der Waals surface area contributed by atoms with E-state index < -0.39 is 0 Å². The molecule has 0 amide bonds. The summed E-state index contributed by atoms with van der Waals surface area (Å²) in [5, 5.41) is 4.67. The van der Waals surface area contributed by atoms with Gasteiger partial charge in [0.2, 0.25) is 0 Å². The Morgan fingerprint density at radius 2 is 2.14 bits per heavy atom. The van der Waals surface area contributed by atoms with Gasteiger partial charge < -0.3 is 15.2 Å². The van der Waals surface area contributed by atoms with E-state index in [-0.39, 0.29) is 6.04 Å². The monoisotopic (exact) mass is 293 g/mol. The highest BCUT2D eigenvalue weighted by Crippen LogP contribution is 2.35. The Kier molecular flexibility index (Phi) is 2.99. The molecule has 0 aliphatic carbocycles. The van der Waals surface area contributed by atoms with E-state index in [2.05, 4.69) is 62.5 Å². The number of para-hydroxylation sites is 1. The van der Waals surface area contributed by atoms with Gasteiger partial charge in [0.15, 0.2) is 0 Å². The first-order valence-electron chi connectivity index (χ1n) is 7.59. The van der Waals surface area contributed by atoms with Gasteiger partial charge in [-0.1, -0.05) is 18.2 Å². The molecule has 0 unspecified atom stereocenters. The van der Waals surface area contributed by atoms with Crippen molar-refractivity contribution in [1.29, 1.82) is 0 Å². The molecule has 0 saturated heterocycles. The summed E-state index contributed by atoms with van der Waals surface area (Å²) in [5.74, 6) is 0.902. The fourth-order valence-electron chi connectivity index (χ4n) is 3.23. The van der Waals surface area contributed by atoms with Crippen LogP contribution in [0, 0.1) is 6.92 Å². The number of aromatic nitrogens is 3. The Labute approximate surface area is 129 Å². The van der Waals surface area contributed by atoms with Crippen molar-refractivity contribution in [3.05, 3.63) is 47.9 Å². The zero-order chi connectivity index (χ0) is 15.1. The number of H-pyrrole nitrogens is 1. The zero-order valence-corrected chi connectivity index (χ0v) is 12.8. The summed E-state index contributed by atoms with van der Waals surface area (Å²) in [7, 11) is 2.15. The molecule has 2 aromatic heterocycles. The van der Waals surface area contributed by atoms with Crippen molar-refractivity contribution < 1.29 is 0 Å². The molecule has 4 rings (SSSR count). The van der Waals surface area contributed by atoms with Crippen LogP contribution in [0.1, 0.15) is 23.7 Å². The summed E-state index contributed by atoms with van der Waals surface area (Å²) < 4.78 is 0. The Hall–Kier alpha value is -2.56. The third-order valence-electron chi connectivity index (χ3n) is 4.35. The molecule has 1 aromatic carbocycles. The Morgan fingerprint density at radius 1 is 1.27 bits per heavy atom. The average Bonchev–Trinajstić information content (AvgIpc) is 2.92. The summed E-state index contributed by atoms with van der Waals surface area (Å²) >= 11 is 0. The molecule has 2 N–H and O–H groups in total. The van der Waals surface area contributed by atoms with Crippen molar-refractivity contribution in [1.82, 2.24) is 15.0 Å². The quantitative estimate of drug-likeness (QED) is 0.761. The van der Waals surface area contributed by atoms with Gasteiger partial charge in [0.25, 0.3) is 0 Å². The van der Waals surface area contributed by atoms with Gasteiger partial charge in [-0.2, -0.15) is 0 Å². The maximum Gasteiger partial charge on any atom is 0.143 e. The molecule has 5 heteroatoms. The molecule has 0 spiro atoms. The van der Waals surface area contributed by atoms with E-state index >= 15 is 0 Å². The van der Waals surface area contributed by atoms with Crippen LogP contribution in [0.2, 0.25) is 0 Å². The highest BCUT2D eigenvalue weighted by molar-refractivity contribution is 5.87. The minimum Gasteiger partial charge on any atom is -0.374 e. The van der Waals surface area contributed by atoms with E-state index in [0.717, 1.165) is 35.5 Å². The number of nitrogens with zero attached hydrogens (tertiary/aromatic N) is 3. The lowest BCUT2D eigenvalue weighted by Gasteiger charge is -2.33. The minimum atomic E-state index is 0.278. The maximum atomic E-state index is 4.45. The van der Waals surface area contributed by atoms with Gasteiger partial charge in [-0.05, 0) is 31.0 Å². The molecule has 1 atom stereocenters. The fourth-order valence-corrected chi connectivity index (χ4v) is 3.23. The van der Waals surface area contributed by atoms with Crippen LogP contribution < -0.4 is 10.2 Å². The van der Waals surface area contributed by atoms with E-state index in [9.17, 15) is 0 Å². The van der Waals surface area contributed by atoms with Crippen LogP contribution in [-0.2, 0) is 0 Å². The minimum absolute atomic E-state index is 0.278. The highest BCUT2D eigenvalue weighted by atomic mass is 15.1. The number of rotatable bonds is 2. The van der Waals surface area contributed by atoms with Crippen LogP contribution in [0.25, 0.3) is 11.0 Å². The van der Waals surface area contributed by atoms with E-state index in [1.165, 1.54) is 11.3 Å². The standard InChI is InChI=1S/C17H19N5/c1-11-9-13-16(20-11)18-10-19-17(13)21-14-7-8-22(2)15-6-4-3-5-12(14)15/h3-6,9-10,14H,7-8H2,1-2H3,(H2,18,19,20,21)/t14-/m0/s1. The van der Waals surface area contributed by atoms with Gasteiger partial charge in [0.1, 0.15) is 17.8 Å². The molecule has 3 heterocycles. The first-order chi connectivity index (χ1) is 10.7. The van der Waals surface area contributed by atoms with Crippen LogP contribution in [0.3, 0.4) is 0 Å². The molecule has 22 heavy (non-hydrogen) atoms. The summed E-state index contributed by atoms with van der Waals surface area (Å²) in [6, 6.07) is 10.9. The number of aromatic amines is 1. The third kappa shape index (κ3) is 2.09. The van der Waals surface area contributed by atoms with Crippen molar-refractivity contribution in [2.45, 2.75) is 19.4 Å². The lowest BCUT2D eigenvalue weighted by atomic mass is 9.96. The smallest absolute Gasteiger partial charge is 0.143 e. The SMILES string of the molecule is Cc1cc2c(N[C@H]3CCN(C)c4ccccc43)ncnc2[nH]1. The van der Waals surface area contributed by atoms with Crippen LogP contribution in [0.4, 0.5) is 11.5 Å². The van der Waals surface area contributed by atoms with Crippen LogP contribution in [0.15, 0.2) is 36.7 Å². The van der Waals surface area contributed by atoms with Gasteiger partial charge in [0.05, 0.1) is 11.4 Å². The molecule has 0 fully saturated rings. The van der Waals surface area contributed by atoms with Crippen LogP contribution in [0.5, 0.6) is 0 Å². The first-order valence-corrected chi connectivity index (χ1v) is 7.59. The summed E-state index contributed by atoms with van der Waals surface area (Å²) in [6.45, 7) is 3.07. The van der Waals surface area contributed by atoms with Gasteiger partial charge in [0, 0.05) is 25.0 Å². The summed E-state index contributed by atoms with van der Waals surface area (Å²) in [5.41, 5.74) is 4.61. The van der Waals surface area contributed by atoms with Gasteiger partial charge in [-0.3, -0.25) is 0 Å². The Balaban J connectivity index is 1.73. The molecule has 3 aromatic rings. The fraction of sp³-hybridized carbons (Fsp3) is 0.294. The van der Waals surface area contributed by atoms with E-state index in [1.807, 2.05) is 6.92 Å². The number of fused-ring (bicyclic) bond motifs is 2. The van der Waals surface area contributed by atoms with E-state index in [1.54, 1.807) is 6.33 Å². The van der Waals surface area contributed by atoms with E-state index in [0.29, 0.717) is 0 Å². The second kappa shape index (κ2) is 5.02. The normalized spacial score (nSPS) is 17.5. The molecule has 1 aliphatic heterocycles. The second-order valence-electron chi connectivity index (χ2n) is 5.90. The lowest BCUT2D eigenvalue weighted by molar-refractivity contribution is 0.646. The molecule has 0 bridgehead atoms. The number of hydrogen-bond acceptors (Lipinski definition) is 4. The molecular formula is C17H19N5. The van der Waals surface area contributed by atoms with Crippen molar-refractivity contribution in [3.8, 4) is 0 Å². The maximum absolute atomic E-state index is 4.45. The Bertz CT molecular complexity index is 823. The summed E-state index contributed by atoms with van der Waals surface area (Å²) in [6.07, 6.45) is 2.67. The first kappa shape index (κ1) is 13.1. The van der Waals surface area contributed by atoms with Crippen molar-refractivity contribution in [2.75, 3.05) is 23.8 Å². The topological polar surface area (TPSA) is 56.8 Å². The third-order valence-corrected chi connectivity index (χ3v) is 4.35. The highest BCUT2D eigenvalue weighted by Gasteiger charge is 2.23. The number of benzene rings is 1. The molecule has 112 valence electrons. The van der Waals surface area contributed by atoms with Gasteiger partial charge >= 0.3 is 0 Å². The predicted molar refractivity (Wildman–Crippen MR) is 89.3 cm³/mol.